The highest BCUT2D eigenvalue weighted by atomic mass is 127. The molecule has 156 valence electrons. The molecule has 0 radical (unpaired) electrons. The molecule has 0 spiro atoms. The molecule has 0 aliphatic heterocycles. The van der Waals surface area contributed by atoms with Crippen LogP contribution in [-0.2, 0) is 6.54 Å². The maximum atomic E-state index is 6.04. The molecule has 0 saturated heterocycles. The summed E-state index contributed by atoms with van der Waals surface area (Å²) in [4.78, 5) is 8.96. The number of nitrogens with one attached hydrogen (secondary N) is 2. The second-order valence-electron chi connectivity index (χ2n) is 6.38. The van der Waals surface area contributed by atoms with Crippen LogP contribution in [0.15, 0.2) is 52.1 Å². The van der Waals surface area contributed by atoms with Crippen molar-refractivity contribution in [2.75, 3.05) is 13.1 Å². The third-order valence-corrected chi connectivity index (χ3v) is 4.60. The van der Waals surface area contributed by atoms with Crippen molar-refractivity contribution >= 4 is 41.5 Å². The molecule has 0 aliphatic carbocycles. The summed E-state index contributed by atoms with van der Waals surface area (Å²) in [7, 11) is 0. The quantitative estimate of drug-likeness (QED) is 0.274. The van der Waals surface area contributed by atoms with Crippen molar-refractivity contribution in [2.24, 2.45) is 4.99 Å². The standard InChI is InChI=1S/C20H25ClN6O.HI/c1-4-22-20(24-13-19-26-14(2)15(3)28-19)23-12-18(27-11-5-10-25-27)16-6-8-17(21)9-7-16;/h5-11,18H,4,12-13H2,1-3H3,(H2,22,23,24);1H. The molecule has 2 N–H and O–H groups in total. The van der Waals surface area contributed by atoms with Gasteiger partial charge in [0.25, 0.3) is 0 Å². The molecule has 2 aromatic heterocycles. The van der Waals surface area contributed by atoms with Crippen LogP contribution in [0.1, 0.15) is 35.9 Å². The summed E-state index contributed by atoms with van der Waals surface area (Å²) < 4.78 is 7.52. The number of aliphatic imine (C=N–C) groups is 1. The second kappa shape index (κ2) is 11.2. The minimum Gasteiger partial charge on any atom is -0.444 e. The summed E-state index contributed by atoms with van der Waals surface area (Å²) in [6.07, 6.45) is 3.72. The predicted octanol–water partition coefficient (Wildman–Crippen LogP) is 4.10. The summed E-state index contributed by atoms with van der Waals surface area (Å²) >= 11 is 6.04. The van der Waals surface area contributed by atoms with E-state index in [1.165, 1.54) is 0 Å². The fourth-order valence-electron chi connectivity index (χ4n) is 2.80. The lowest BCUT2D eigenvalue weighted by Crippen LogP contribution is -2.40. The lowest BCUT2D eigenvalue weighted by atomic mass is 10.1. The van der Waals surface area contributed by atoms with Crippen LogP contribution in [0.5, 0.6) is 0 Å². The van der Waals surface area contributed by atoms with Crippen LogP contribution in [0.25, 0.3) is 0 Å². The number of guanidine groups is 1. The van der Waals surface area contributed by atoms with Crippen molar-refractivity contribution in [3.8, 4) is 0 Å². The first-order valence-electron chi connectivity index (χ1n) is 9.26. The average molecular weight is 529 g/mol. The lowest BCUT2D eigenvalue weighted by molar-refractivity contribution is 0.472. The Morgan fingerprint density at radius 1 is 1.24 bits per heavy atom. The van der Waals surface area contributed by atoms with Crippen LogP contribution < -0.4 is 10.6 Å². The molecule has 2 heterocycles. The van der Waals surface area contributed by atoms with Crippen LogP contribution in [0, 0.1) is 13.8 Å². The second-order valence-corrected chi connectivity index (χ2v) is 6.82. The van der Waals surface area contributed by atoms with E-state index in [1.54, 1.807) is 6.20 Å². The molecule has 7 nitrogen and oxygen atoms in total. The number of hydrogen-bond acceptors (Lipinski definition) is 4. The molecule has 0 fully saturated rings. The number of halogens is 2. The number of nitrogens with zero attached hydrogens (tertiary/aromatic N) is 4. The molecule has 1 atom stereocenters. The smallest absolute Gasteiger partial charge is 0.216 e. The highest BCUT2D eigenvalue weighted by Gasteiger charge is 2.15. The molecule has 1 unspecified atom stereocenters. The highest BCUT2D eigenvalue weighted by molar-refractivity contribution is 14.0. The summed E-state index contributed by atoms with van der Waals surface area (Å²) in [5.41, 5.74) is 2.00. The minimum atomic E-state index is 0. The Kier molecular flexibility index (Phi) is 8.97. The van der Waals surface area contributed by atoms with E-state index in [0.29, 0.717) is 30.0 Å². The Morgan fingerprint density at radius 2 is 2.00 bits per heavy atom. The van der Waals surface area contributed by atoms with Crippen molar-refractivity contribution in [3.05, 3.63) is 70.7 Å². The van der Waals surface area contributed by atoms with Gasteiger partial charge in [0.05, 0.1) is 11.7 Å². The van der Waals surface area contributed by atoms with E-state index in [-0.39, 0.29) is 30.0 Å². The largest absolute Gasteiger partial charge is 0.444 e. The number of aryl methyl sites for hydroxylation is 2. The van der Waals surface area contributed by atoms with Gasteiger partial charge in [-0.2, -0.15) is 5.10 Å². The number of aromatic nitrogens is 3. The molecular weight excluding hydrogens is 503 g/mol. The van der Waals surface area contributed by atoms with Gasteiger partial charge >= 0.3 is 0 Å². The number of benzene rings is 1. The molecule has 0 bridgehead atoms. The summed E-state index contributed by atoms with van der Waals surface area (Å²) in [6, 6.07) is 9.72. The first kappa shape index (κ1) is 23.2. The van der Waals surface area contributed by atoms with Gasteiger partial charge in [-0.05, 0) is 44.5 Å². The maximum Gasteiger partial charge on any atom is 0.216 e. The van der Waals surface area contributed by atoms with Crippen molar-refractivity contribution < 1.29 is 4.42 Å². The number of rotatable bonds is 7. The predicted molar refractivity (Wildman–Crippen MR) is 126 cm³/mol. The van der Waals surface area contributed by atoms with Crippen molar-refractivity contribution in [1.29, 1.82) is 0 Å². The molecule has 0 aliphatic rings. The normalized spacial score (nSPS) is 12.3. The molecule has 29 heavy (non-hydrogen) atoms. The highest BCUT2D eigenvalue weighted by Crippen LogP contribution is 2.19. The van der Waals surface area contributed by atoms with Crippen LogP contribution in [0.3, 0.4) is 0 Å². The molecule has 3 rings (SSSR count). The van der Waals surface area contributed by atoms with Gasteiger partial charge in [0, 0.05) is 30.5 Å². The third kappa shape index (κ3) is 6.46. The summed E-state index contributed by atoms with van der Waals surface area (Å²) in [5, 5.41) is 11.8. The van der Waals surface area contributed by atoms with E-state index in [9.17, 15) is 0 Å². The fourth-order valence-corrected chi connectivity index (χ4v) is 2.93. The number of oxazole rings is 1. The minimum absolute atomic E-state index is 0. The van der Waals surface area contributed by atoms with Gasteiger partial charge in [-0.3, -0.25) is 4.68 Å². The van der Waals surface area contributed by atoms with Gasteiger partial charge < -0.3 is 15.1 Å². The molecule has 9 heteroatoms. The van der Waals surface area contributed by atoms with Crippen molar-refractivity contribution in [2.45, 2.75) is 33.4 Å². The van der Waals surface area contributed by atoms with Gasteiger partial charge in [0.2, 0.25) is 5.89 Å². The first-order valence-corrected chi connectivity index (χ1v) is 9.64. The van der Waals surface area contributed by atoms with Crippen LogP contribution in [0.2, 0.25) is 5.02 Å². The molecular formula is C20H26ClIN6O. The Balaban J connectivity index is 0.00000300. The zero-order valence-corrected chi connectivity index (χ0v) is 19.8. The summed E-state index contributed by atoms with van der Waals surface area (Å²) in [6.45, 7) is 7.59. The monoisotopic (exact) mass is 528 g/mol. The maximum absolute atomic E-state index is 6.04. The van der Waals surface area contributed by atoms with Crippen molar-refractivity contribution in [1.82, 2.24) is 25.4 Å². The van der Waals surface area contributed by atoms with E-state index in [1.807, 2.05) is 62.0 Å². The Bertz CT molecular complexity index is 888. The van der Waals surface area contributed by atoms with E-state index in [0.717, 1.165) is 23.6 Å². The van der Waals surface area contributed by atoms with Gasteiger partial charge in [0.1, 0.15) is 12.3 Å². The Hall–Kier alpha value is -2.07. The van der Waals surface area contributed by atoms with Gasteiger partial charge in [-0.15, -0.1) is 24.0 Å². The van der Waals surface area contributed by atoms with E-state index in [4.69, 9.17) is 16.0 Å². The van der Waals surface area contributed by atoms with E-state index in [2.05, 4.69) is 25.7 Å². The first-order chi connectivity index (χ1) is 13.6. The van der Waals surface area contributed by atoms with Crippen LogP contribution in [0.4, 0.5) is 0 Å². The molecule has 0 saturated carbocycles. The fraction of sp³-hybridized carbons (Fsp3) is 0.350. The molecule has 0 amide bonds. The van der Waals surface area contributed by atoms with Crippen LogP contribution >= 0.6 is 35.6 Å². The molecule has 3 aromatic rings. The Morgan fingerprint density at radius 3 is 2.59 bits per heavy atom. The van der Waals surface area contributed by atoms with Gasteiger partial charge in [0.15, 0.2) is 5.96 Å². The average Bonchev–Trinajstić information content (AvgIpc) is 3.31. The summed E-state index contributed by atoms with van der Waals surface area (Å²) in [5.74, 6) is 2.13. The number of hydrogen-bond donors (Lipinski definition) is 2. The van der Waals surface area contributed by atoms with Gasteiger partial charge in [-0.1, -0.05) is 23.7 Å². The Labute approximate surface area is 193 Å². The molecule has 1 aromatic carbocycles. The van der Waals surface area contributed by atoms with E-state index >= 15 is 0 Å². The van der Waals surface area contributed by atoms with E-state index < -0.39 is 0 Å². The van der Waals surface area contributed by atoms with Gasteiger partial charge in [-0.25, -0.2) is 9.98 Å². The van der Waals surface area contributed by atoms with Crippen LogP contribution in [-0.4, -0.2) is 33.8 Å². The zero-order valence-electron chi connectivity index (χ0n) is 16.7. The third-order valence-electron chi connectivity index (χ3n) is 4.35. The van der Waals surface area contributed by atoms with Crippen molar-refractivity contribution in [3.63, 3.8) is 0 Å². The lowest BCUT2D eigenvalue weighted by Gasteiger charge is -2.20. The zero-order chi connectivity index (χ0) is 19.9. The SMILES string of the molecule is CCNC(=NCc1nc(C)c(C)o1)NCC(c1ccc(Cl)cc1)n1cccn1.I. The topological polar surface area (TPSA) is 80.3 Å².